The van der Waals surface area contributed by atoms with E-state index in [2.05, 4.69) is 0 Å². The van der Waals surface area contributed by atoms with Gasteiger partial charge in [-0.25, -0.2) is 0 Å². The minimum Gasteiger partial charge on any atom is -0.497 e. The molecule has 1 atom stereocenters. The third kappa shape index (κ3) is 3.98. The van der Waals surface area contributed by atoms with Crippen LogP contribution in [-0.4, -0.2) is 31.8 Å². The second-order valence-corrected chi connectivity index (χ2v) is 4.15. The summed E-state index contributed by atoms with van der Waals surface area (Å²) in [5, 5.41) is 8.80. The van der Waals surface area contributed by atoms with E-state index in [9.17, 15) is 4.79 Å². The molecule has 0 spiro atoms. The Hall–Kier alpha value is -1.71. The van der Waals surface area contributed by atoms with E-state index in [4.69, 9.17) is 9.84 Å². The fourth-order valence-corrected chi connectivity index (χ4v) is 1.48. The molecule has 0 aromatic heterocycles. The van der Waals surface area contributed by atoms with Crippen molar-refractivity contribution in [2.75, 3.05) is 25.6 Å². The molecule has 0 saturated heterocycles. The molecule has 17 heavy (non-hydrogen) atoms. The van der Waals surface area contributed by atoms with Gasteiger partial charge in [-0.2, -0.15) is 0 Å². The van der Waals surface area contributed by atoms with Crippen LogP contribution in [0.4, 0.5) is 5.69 Å². The third-order valence-corrected chi connectivity index (χ3v) is 2.83. The lowest BCUT2D eigenvalue weighted by Gasteiger charge is -2.20. The number of carboxylic acid groups (broad SMARTS) is 1. The van der Waals surface area contributed by atoms with Gasteiger partial charge in [0.15, 0.2) is 0 Å². The lowest BCUT2D eigenvalue weighted by Crippen LogP contribution is -2.22. The average molecular weight is 237 g/mol. The van der Waals surface area contributed by atoms with Crippen molar-refractivity contribution in [2.45, 2.75) is 13.3 Å². The largest absolute Gasteiger partial charge is 0.497 e. The number of aliphatic carboxylic acids is 1. The topological polar surface area (TPSA) is 49.8 Å². The van der Waals surface area contributed by atoms with Crippen molar-refractivity contribution in [1.82, 2.24) is 0 Å². The number of methoxy groups -OCH3 is 1. The summed E-state index contributed by atoms with van der Waals surface area (Å²) in [7, 11) is 3.59. The zero-order chi connectivity index (χ0) is 12.8. The SMILES string of the molecule is COc1ccc(N(C)CCC(C)C(=O)O)cc1. The van der Waals surface area contributed by atoms with Gasteiger partial charge in [0.2, 0.25) is 0 Å². The second kappa shape index (κ2) is 6.13. The highest BCUT2D eigenvalue weighted by Crippen LogP contribution is 2.18. The van der Waals surface area contributed by atoms with Gasteiger partial charge in [-0.15, -0.1) is 0 Å². The Bertz CT molecular complexity index is 361. The Kier molecular flexibility index (Phi) is 4.82. The summed E-state index contributed by atoms with van der Waals surface area (Å²) in [6.45, 7) is 2.45. The first-order valence-corrected chi connectivity index (χ1v) is 5.62. The van der Waals surface area contributed by atoms with E-state index < -0.39 is 5.97 Å². The van der Waals surface area contributed by atoms with E-state index in [1.165, 1.54) is 0 Å². The average Bonchev–Trinajstić information content (AvgIpc) is 2.35. The molecule has 0 bridgehead atoms. The highest BCUT2D eigenvalue weighted by atomic mass is 16.5. The maximum Gasteiger partial charge on any atom is 0.306 e. The van der Waals surface area contributed by atoms with E-state index in [1.807, 2.05) is 36.2 Å². The van der Waals surface area contributed by atoms with Crippen molar-refractivity contribution < 1.29 is 14.6 Å². The summed E-state index contributed by atoms with van der Waals surface area (Å²) in [5.74, 6) is -0.232. The molecule has 0 aliphatic heterocycles. The Morgan fingerprint density at radius 1 is 1.41 bits per heavy atom. The zero-order valence-corrected chi connectivity index (χ0v) is 10.5. The summed E-state index contributed by atoms with van der Waals surface area (Å²) < 4.78 is 5.08. The summed E-state index contributed by atoms with van der Waals surface area (Å²) in [4.78, 5) is 12.7. The van der Waals surface area contributed by atoms with Crippen LogP contribution >= 0.6 is 0 Å². The molecule has 1 rings (SSSR count). The quantitative estimate of drug-likeness (QED) is 0.824. The molecule has 0 fully saturated rings. The fourth-order valence-electron chi connectivity index (χ4n) is 1.48. The third-order valence-electron chi connectivity index (χ3n) is 2.83. The molecule has 0 saturated carbocycles. The molecular weight excluding hydrogens is 218 g/mol. The van der Waals surface area contributed by atoms with E-state index in [0.717, 1.165) is 18.0 Å². The molecule has 1 aromatic rings. The zero-order valence-electron chi connectivity index (χ0n) is 10.5. The molecule has 1 N–H and O–H groups in total. The van der Waals surface area contributed by atoms with E-state index in [1.54, 1.807) is 14.0 Å². The lowest BCUT2D eigenvalue weighted by atomic mass is 10.1. The Morgan fingerprint density at radius 2 is 2.00 bits per heavy atom. The van der Waals surface area contributed by atoms with Gasteiger partial charge in [-0.05, 0) is 30.7 Å². The van der Waals surface area contributed by atoms with Gasteiger partial charge >= 0.3 is 5.97 Å². The highest BCUT2D eigenvalue weighted by Gasteiger charge is 2.11. The molecule has 0 amide bonds. The van der Waals surface area contributed by atoms with Gasteiger partial charge in [0.1, 0.15) is 5.75 Å². The number of carbonyl (C=O) groups is 1. The number of hydrogen-bond acceptors (Lipinski definition) is 3. The van der Waals surface area contributed by atoms with Crippen LogP contribution < -0.4 is 9.64 Å². The van der Waals surface area contributed by atoms with Crippen molar-refractivity contribution in [3.05, 3.63) is 24.3 Å². The highest BCUT2D eigenvalue weighted by molar-refractivity contribution is 5.69. The van der Waals surface area contributed by atoms with Gasteiger partial charge < -0.3 is 14.7 Å². The number of nitrogens with zero attached hydrogens (tertiary/aromatic N) is 1. The minimum atomic E-state index is -0.742. The first kappa shape index (κ1) is 13.4. The lowest BCUT2D eigenvalue weighted by molar-refractivity contribution is -0.141. The summed E-state index contributed by atoms with van der Waals surface area (Å²) in [6.07, 6.45) is 0.637. The molecule has 0 heterocycles. The maximum atomic E-state index is 10.7. The first-order valence-electron chi connectivity index (χ1n) is 5.62. The van der Waals surface area contributed by atoms with Gasteiger partial charge in [-0.3, -0.25) is 4.79 Å². The fraction of sp³-hybridized carbons (Fsp3) is 0.462. The van der Waals surface area contributed by atoms with E-state index >= 15 is 0 Å². The molecule has 1 unspecified atom stereocenters. The molecule has 4 heteroatoms. The number of hydrogen-bond donors (Lipinski definition) is 1. The van der Waals surface area contributed by atoms with Crippen LogP contribution in [0, 0.1) is 5.92 Å². The number of ether oxygens (including phenoxy) is 1. The molecule has 0 aliphatic rings. The summed E-state index contributed by atoms with van der Waals surface area (Å²) >= 11 is 0. The summed E-state index contributed by atoms with van der Waals surface area (Å²) in [6, 6.07) is 7.72. The molecule has 1 aromatic carbocycles. The van der Waals surface area contributed by atoms with Crippen LogP contribution in [0.5, 0.6) is 5.75 Å². The number of carboxylic acids is 1. The molecule has 0 aliphatic carbocycles. The maximum absolute atomic E-state index is 10.7. The van der Waals surface area contributed by atoms with Gasteiger partial charge in [0.05, 0.1) is 13.0 Å². The Balaban J connectivity index is 2.51. The molecule has 4 nitrogen and oxygen atoms in total. The number of benzene rings is 1. The van der Waals surface area contributed by atoms with Gasteiger partial charge in [0, 0.05) is 19.3 Å². The van der Waals surface area contributed by atoms with Crippen LogP contribution in [0.2, 0.25) is 0 Å². The molecular formula is C13H19NO3. The first-order chi connectivity index (χ1) is 8.04. The standard InChI is InChI=1S/C13H19NO3/c1-10(13(15)16)8-9-14(2)11-4-6-12(17-3)7-5-11/h4-7,10H,8-9H2,1-3H3,(H,15,16). The van der Waals surface area contributed by atoms with Crippen molar-refractivity contribution >= 4 is 11.7 Å². The smallest absolute Gasteiger partial charge is 0.306 e. The predicted molar refractivity (Wildman–Crippen MR) is 67.7 cm³/mol. The van der Waals surface area contributed by atoms with Crippen LogP contribution in [-0.2, 0) is 4.79 Å². The van der Waals surface area contributed by atoms with Gasteiger partial charge in [0.25, 0.3) is 0 Å². The van der Waals surface area contributed by atoms with E-state index in [0.29, 0.717) is 6.42 Å². The van der Waals surface area contributed by atoms with Gasteiger partial charge in [-0.1, -0.05) is 6.92 Å². The van der Waals surface area contributed by atoms with E-state index in [-0.39, 0.29) is 5.92 Å². The van der Waals surface area contributed by atoms with Crippen molar-refractivity contribution in [3.8, 4) is 5.75 Å². The summed E-state index contributed by atoms with van der Waals surface area (Å²) in [5.41, 5.74) is 1.06. The number of anilines is 1. The normalized spacial score (nSPS) is 11.9. The van der Waals surface area contributed by atoms with Crippen LogP contribution in [0.25, 0.3) is 0 Å². The predicted octanol–water partition coefficient (Wildman–Crippen LogP) is 2.24. The molecule has 94 valence electrons. The number of rotatable bonds is 6. The van der Waals surface area contributed by atoms with Crippen LogP contribution in [0.15, 0.2) is 24.3 Å². The van der Waals surface area contributed by atoms with Crippen LogP contribution in [0.3, 0.4) is 0 Å². The van der Waals surface area contributed by atoms with Crippen molar-refractivity contribution in [3.63, 3.8) is 0 Å². The van der Waals surface area contributed by atoms with Crippen molar-refractivity contribution in [1.29, 1.82) is 0 Å². The monoisotopic (exact) mass is 237 g/mol. The second-order valence-electron chi connectivity index (χ2n) is 4.15. The van der Waals surface area contributed by atoms with Crippen LogP contribution in [0.1, 0.15) is 13.3 Å². The Labute approximate surface area is 102 Å². The molecule has 0 radical (unpaired) electrons. The minimum absolute atomic E-state index is 0.310. The van der Waals surface area contributed by atoms with Crippen molar-refractivity contribution in [2.24, 2.45) is 5.92 Å². The Morgan fingerprint density at radius 3 is 2.47 bits per heavy atom.